The third-order valence-electron chi connectivity index (χ3n) is 4.94. The lowest BCUT2D eigenvalue weighted by Gasteiger charge is -2.15. The summed E-state index contributed by atoms with van der Waals surface area (Å²) < 4.78 is 13.1. The number of carbonyl (C=O) groups is 2. The van der Waals surface area contributed by atoms with Gasteiger partial charge in [0.15, 0.2) is 0 Å². The number of nitrogens with zero attached hydrogens (tertiary/aromatic N) is 1. The minimum absolute atomic E-state index is 0.114. The molecule has 0 spiro atoms. The minimum atomic E-state index is -0.547. The van der Waals surface area contributed by atoms with Crippen molar-refractivity contribution < 1.29 is 14.0 Å². The van der Waals surface area contributed by atoms with Crippen molar-refractivity contribution in [3.8, 4) is 0 Å². The minimum Gasteiger partial charge on any atom is -0.361 e. The number of aromatic amines is 1. The fourth-order valence-corrected chi connectivity index (χ4v) is 3.53. The fraction of sp³-hybridized carbons (Fsp3) is 0.238. The molecular formula is C21H20FN3O2. The number of fused-ring (bicyclic) bond motifs is 1. The molecule has 0 saturated carbocycles. The van der Waals surface area contributed by atoms with Crippen LogP contribution in [0.25, 0.3) is 10.9 Å². The number of hydrogen-bond acceptors (Lipinski definition) is 3. The number of rotatable bonds is 5. The second kappa shape index (κ2) is 6.96. The highest BCUT2D eigenvalue weighted by Crippen LogP contribution is 2.24. The van der Waals surface area contributed by atoms with Crippen LogP contribution in [0.1, 0.15) is 17.5 Å². The molecule has 2 amide bonds. The van der Waals surface area contributed by atoms with Gasteiger partial charge in [0.05, 0.1) is 18.2 Å². The number of hydrogen-bond donors (Lipinski definition) is 2. The number of imide groups is 1. The Labute approximate surface area is 156 Å². The summed E-state index contributed by atoms with van der Waals surface area (Å²) in [6.07, 6.45) is 2.85. The van der Waals surface area contributed by atoms with Crippen molar-refractivity contribution in [3.63, 3.8) is 0 Å². The molecule has 2 heterocycles. The van der Waals surface area contributed by atoms with E-state index in [1.54, 1.807) is 0 Å². The van der Waals surface area contributed by atoms with E-state index in [-0.39, 0.29) is 18.2 Å². The lowest BCUT2D eigenvalue weighted by molar-refractivity contribution is -0.121. The Bertz CT molecular complexity index is 1010. The molecule has 1 aromatic heterocycles. The van der Waals surface area contributed by atoms with E-state index in [0.717, 1.165) is 16.8 Å². The van der Waals surface area contributed by atoms with Crippen molar-refractivity contribution in [3.05, 3.63) is 65.6 Å². The van der Waals surface area contributed by atoms with Gasteiger partial charge in [-0.1, -0.05) is 11.6 Å². The summed E-state index contributed by atoms with van der Waals surface area (Å²) in [4.78, 5) is 29.2. The van der Waals surface area contributed by atoms with Crippen LogP contribution in [0, 0.1) is 12.7 Å². The standard InChI is InChI=1S/C21H20FN3O2/c1-13-2-7-18-17(10-13)14(12-24-18)8-9-23-19-11-20(26)25(21(19)27)16-5-3-15(22)4-6-16/h2-7,10,12,19,23-24H,8-9,11H2,1H3/t19-/m1/s1. The maximum Gasteiger partial charge on any atom is 0.251 e. The average Bonchev–Trinajstić information content (AvgIpc) is 3.17. The van der Waals surface area contributed by atoms with E-state index in [9.17, 15) is 14.0 Å². The van der Waals surface area contributed by atoms with Crippen LogP contribution >= 0.6 is 0 Å². The molecule has 138 valence electrons. The Morgan fingerprint density at radius 1 is 1.19 bits per heavy atom. The van der Waals surface area contributed by atoms with Crippen molar-refractivity contribution in [2.45, 2.75) is 25.8 Å². The zero-order chi connectivity index (χ0) is 19.0. The summed E-state index contributed by atoms with van der Waals surface area (Å²) >= 11 is 0. The van der Waals surface area contributed by atoms with Gasteiger partial charge >= 0.3 is 0 Å². The molecule has 6 heteroatoms. The number of carbonyl (C=O) groups excluding carboxylic acids is 2. The quantitative estimate of drug-likeness (QED) is 0.683. The van der Waals surface area contributed by atoms with Crippen molar-refractivity contribution >= 4 is 28.4 Å². The third kappa shape index (κ3) is 3.36. The van der Waals surface area contributed by atoms with Crippen LogP contribution in [0.5, 0.6) is 0 Å². The molecule has 0 radical (unpaired) electrons. The predicted molar refractivity (Wildman–Crippen MR) is 102 cm³/mol. The molecular weight excluding hydrogens is 345 g/mol. The molecule has 4 rings (SSSR count). The van der Waals surface area contributed by atoms with Gasteiger partial charge in [0.1, 0.15) is 5.82 Å². The van der Waals surface area contributed by atoms with Crippen LogP contribution in [0.3, 0.4) is 0 Å². The average molecular weight is 365 g/mol. The number of benzene rings is 2. The summed E-state index contributed by atoms with van der Waals surface area (Å²) in [6.45, 7) is 2.64. The van der Waals surface area contributed by atoms with E-state index in [2.05, 4.69) is 35.4 Å². The highest BCUT2D eigenvalue weighted by atomic mass is 19.1. The van der Waals surface area contributed by atoms with E-state index in [1.807, 2.05) is 6.20 Å². The molecule has 0 aliphatic carbocycles. The Morgan fingerprint density at radius 3 is 2.74 bits per heavy atom. The summed E-state index contributed by atoms with van der Waals surface area (Å²) in [5, 5.41) is 4.37. The van der Waals surface area contributed by atoms with Gasteiger partial charge in [0, 0.05) is 23.6 Å². The van der Waals surface area contributed by atoms with Gasteiger partial charge < -0.3 is 10.3 Å². The maximum atomic E-state index is 13.1. The first-order valence-corrected chi connectivity index (χ1v) is 8.95. The van der Waals surface area contributed by atoms with E-state index in [1.165, 1.54) is 40.8 Å². The first-order valence-electron chi connectivity index (χ1n) is 8.95. The lowest BCUT2D eigenvalue weighted by atomic mass is 10.1. The zero-order valence-corrected chi connectivity index (χ0v) is 15.0. The molecule has 0 unspecified atom stereocenters. The number of H-pyrrole nitrogens is 1. The molecule has 2 N–H and O–H groups in total. The van der Waals surface area contributed by atoms with Crippen LogP contribution in [-0.2, 0) is 16.0 Å². The zero-order valence-electron chi connectivity index (χ0n) is 15.0. The number of aryl methyl sites for hydroxylation is 1. The molecule has 2 aromatic carbocycles. The number of amides is 2. The second-order valence-electron chi connectivity index (χ2n) is 6.87. The second-order valence-corrected chi connectivity index (χ2v) is 6.87. The first kappa shape index (κ1) is 17.4. The number of halogens is 1. The Balaban J connectivity index is 1.41. The van der Waals surface area contributed by atoms with E-state index in [0.29, 0.717) is 12.2 Å². The van der Waals surface area contributed by atoms with Crippen molar-refractivity contribution in [2.75, 3.05) is 11.4 Å². The smallest absolute Gasteiger partial charge is 0.251 e. The third-order valence-corrected chi connectivity index (χ3v) is 4.94. The van der Waals surface area contributed by atoms with Crippen LogP contribution in [0.15, 0.2) is 48.7 Å². The van der Waals surface area contributed by atoms with Gasteiger partial charge in [0.25, 0.3) is 5.91 Å². The summed E-state index contributed by atoms with van der Waals surface area (Å²) in [5.41, 5.74) is 3.86. The van der Waals surface area contributed by atoms with Gasteiger partial charge in [-0.3, -0.25) is 9.59 Å². The largest absolute Gasteiger partial charge is 0.361 e. The monoisotopic (exact) mass is 365 g/mol. The highest BCUT2D eigenvalue weighted by Gasteiger charge is 2.39. The van der Waals surface area contributed by atoms with E-state index in [4.69, 9.17) is 0 Å². The van der Waals surface area contributed by atoms with Crippen LogP contribution in [-0.4, -0.2) is 29.4 Å². The predicted octanol–water partition coefficient (Wildman–Crippen LogP) is 3.08. The van der Waals surface area contributed by atoms with Gasteiger partial charge in [0.2, 0.25) is 5.91 Å². The van der Waals surface area contributed by atoms with Crippen molar-refractivity contribution in [2.24, 2.45) is 0 Å². The van der Waals surface area contributed by atoms with Crippen LogP contribution in [0.2, 0.25) is 0 Å². The molecule has 1 saturated heterocycles. The van der Waals surface area contributed by atoms with Gasteiger partial charge in [-0.2, -0.15) is 0 Å². The van der Waals surface area contributed by atoms with Crippen molar-refractivity contribution in [1.82, 2.24) is 10.3 Å². The molecule has 0 bridgehead atoms. The molecule has 3 aromatic rings. The first-order chi connectivity index (χ1) is 13.0. The molecule has 5 nitrogen and oxygen atoms in total. The lowest BCUT2D eigenvalue weighted by Crippen LogP contribution is -2.39. The summed E-state index contributed by atoms with van der Waals surface area (Å²) in [5.74, 6) is -0.963. The number of nitrogens with one attached hydrogen (secondary N) is 2. The highest BCUT2D eigenvalue weighted by molar-refractivity contribution is 6.22. The fourth-order valence-electron chi connectivity index (χ4n) is 3.53. The maximum absolute atomic E-state index is 13.1. The van der Waals surface area contributed by atoms with E-state index >= 15 is 0 Å². The molecule has 27 heavy (non-hydrogen) atoms. The number of anilines is 1. The van der Waals surface area contributed by atoms with Crippen molar-refractivity contribution in [1.29, 1.82) is 0 Å². The SMILES string of the molecule is Cc1ccc2[nH]cc(CCN[C@@H]3CC(=O)N(c4ccc(F)cc4)C3=O)c2c1. The van der Waals surface area contributed by atoms with E-state index < -0.39 is 11.9 Å². The summed E-state index contributed by atoms with van der Waals surface area (Å²) in [7, 11) is 0. The van der Waals surface area contributed by atoms with Gasteiger partial charge in [-0.15, -0.1) is 0 Å². The van der Waals surface area contributed by atoms with Crippen LogP contribution < -0.4 is 10.2 Å². The molecule has 1 fully saturated rings. The molecule has 1 aliphatic rings. The molecule has 1 atom stereocenters. The normalized spacial score (nSPS) is 17.3. The van der Waals surface area contributed by atoms with Gasteiger partial charge in [-0.05, 0) is 55.3 Å². The Morgan fingerprint density at radius 2 is 1.96 bits per heavy atom. The van der Waals surface area contributed by atoms with Gasteiger partial charge in [-0.25, -0.2) is 9.29 Å². The number of aromatic nitrogens is 1. The summed E-state index contributed by atoms with van der Waals surface area (Å²) in [6, 6.07) is 11.1. The topological polar surface area (TPSA) is 65.2 Å². The molecule has 1 aliphatic heterocycles. The Hall–Kier alpha value is -2.99. The van der Waals surface area contributed by atoms with Crippen LogP contribution in [0.4, 0.5) is 10.1 Å². The Kier molecular flexibility index (Phi) is 4.49.